The van der Waals surface area contributed by atoms with E-state index in [-0.39, 0.29) is 11.6 Å². The second-order valence-corrected chi connectivity index (χ2v) is 6.81. The molecule has 3 N–H and O–H groups in total. The number of fused-ring (bicyclic) bond motifs is 2. The maximum atomic E-state index is 12.9. The fraction of sp³-hybridized carbons (Fsp3) is 0.100. The summed E-state index contributed by atoms with van der Waals surface area (Å²) >= 11 is 0. The highest BCUT2D eigenvalue weighted by atomic mass is 19.4. The van der Waals surface area contributed by atoms with Gasteiger partial charge in [0.25, 0.3) is 0 Å². The lowest BCUT2D eigenvalue weighted by Crippen LogP contribution is -2.35. The summed E-state index contributed by atoms with van der Waals surface area (Å²) in [6.07, 6.45) is -1.37. The zero-order valence-corrected chi connectivity index (χ0v) is 15.9. The van der Waals surface area contributed by atoms with E-state index >= 15 is 0 Å². The average Bonchev–Trinajstić information content (AvgIpc) is 3.15. The molecule has 3 aromatic heterocycles. The number of pyridine rings is 2. The zero-order valence-electron chi connectivity index (χ0n) is 15.9. The topological polar surface area (TPSA) is 90.9 Å². The summed E-state index contributed by atoms with van der Waals surface area (Å²) in [6, 6.07) is 13.4. The van der Waals surface area contributed by atoms with Gasteiger partial charge in [-0.15, -0.1) is 5.53 Å². The Morgan fingerprint density at radius 3 is 2.74 bits per heavy atom. The van der Waals surface area contributed by atoms with Gasteiger partial charge in [0.1, 0.15) is 11.5 Å². The maximum absolute atomic E-state index is 12.9. The summed E-state index contributed by atoms with van der Waals surface area (Å²) in [5.74, 6) is 1.30. The predicted molar refractivity (Wildman–Crippen MR) is 109 cm³/mol. The Morgan fingerprint density at radius 1 is 0.968 bits per heavy atom. The number of benzene rings is 1. The molecule has 1 aliphatic rings. The molecule has 5 rings (SSSR count). The van der Waals surface area contributed by atoms with Crippen molar-refractivity contribution in [2.24, 2.45) is 0 Å². The van der Waals surface area contributed by atoms with Crippen LogP contribution >= 0.6 is 0 Å². The molecule has 0 spiro atoms. The van der Waals surface area contributed by atoms with Gasteiger partial charge in [-0.05, 0) is 35.9 Å². The van der Waals surface area contributed by atoms with Gasteiger partial charge in [-0.1, -0.05) is 18.2 Å². The second kappa shape index (κ2) is 7.36. The maximum Gasteiger partial charge on any atom is 0.433 e. The molecule has 0 saturated carbocycles. The lowest BCUT2D eigenvalue weighted by molar-refractivity contribution is -0.141. The Bertz CT molecular complexity index is 1260. The monoisotopic (exact) mass is 424 g/mol. The van der Waals surface area contributed by atoms with Crippen molar-refractivity contribution >= 4 is 34.2 Å². The van der Waals surface area contributed by atoms with E-state index in [1.54, 1.807) is 11.2 Å². The lowest BCUT2D eigenvalue weighted by Gasteiger charge is -2.17. The number of nitrogens with zero attached hydrogens (tertiary/aromatic N) is 5. The number of hydrogen-bond acceptors (Lipinski definition) is 8. The van der Waals surface area contributed by atoms with Gasteiger partial charge in [0, 0.05) is 11.6 Å². The van der Waals surface area contributed by atoms with Gasteiger partial charge in [0.2, 0.25) is 0 Å². The highest BCUT2D eigenvalue weighted by Crippen LogP contribution is 2.30. The molecule has 11 heteroatoms. The van der Waals surface area contributed by atoms with Crippen molar-refractivity contribution in [3.8, 4) is 0 Å². The molecule has 1 aliphatic heterocycles. The van der Waals surface area contributed by atoms with Crippen molar-refractivity contribution in [2.75, 3.05) is 15.8 Å². The van der Waals surface area contributed by atoms with Gasteiger partial charge in [0.15, 0.2) is 17.5 Å². The first kappa shape index (κ1) is 19.0. The van der Waals surface area contributed by atoms with Crippen LogP contribution in [0.3, 0.4) is 0 Å². The quantitative estimate of drug-likeness (QED) is 0.452. The first-order chi connectivity index (χ1) is 15.0. The van der Waals surface area contributed by atoms with Crippen LogP contribution in [0.4, 0.5) is 36.4 Å². The van der Waals surface area contributed by atoms with Gasteiger partial charge < -0.3 is 5.32 Å². The fourth-order valence-electron chi connectivity index (χ4n) is 3.20. The third-order valence-electron chi connectivity index (χ3n) is 4.62. The van der Waals surface area contributed by atoms with E-state index in [4.69, 9.17) is 0 Å². The third kappa shape index (κ3) is 3.90. The largest absolute Gasteiger partial charge is 0.433 e. The number of alkyl halides is 3. The summed E-state index contributed by atoms with van der Waals surface area (Å²) in [5, 5.41) is 5.55. The third-order valence-corrected chi connectivity index (χ3v) is 4.62. The van der Waals surface area contributed by atoms with Crippen LogP contribution in [-0.2, 0) is 12.7 Å². The van der Waals surface area contributed by atoms with Crippen LogP contribution in [0, 0.1) is 0 Å². The number of aromatic nitrogens is 4. The fourth-order valence-corrected chi connectivity index (χ4v) is 3.20. The van der Waals surface area contributed by atoms with Crippen molar-refractivity contribution in [3.05, 3.63) is 72.2 Å². The molecule has 0 saturated heterocycles. The van der Waals surface area contributed by atoms with Gasteiger partial charge in [0.05, 0.1) is 18.3 Å². The highest BCUT2D eigenvalue weighted by Gasteiger charge is 2.32. The molecule has 1 aromatic carbocycles. The smallest absolute Gasteiger partial charge is 0.324 e. The second-order valence-electron chi connectivity index (χ2n) is 6.81. The summed E-state index contributed by atoms with van der Waals surface area (Å²) < 4.78 is 38.7. The summed E-state index contributed by atoms with van der Waals surface area (Å²) in [7, 11) is 0. The molecule has 0 atom stereocenters. The van der Waals surface area contributed by atoms with Gasteiger partial charge in [-0.2, -0.15) is 13.2 Å². The van der Waals surface area contributed by atoms with Crippen molar-refractivity contribution in [1.82, 2.24) is 25.5 Å². The molecule has 4 aromatic rings. The first-order valence-electron chi connectivity index (χ1n) is 9.27. The van der Waals surface area contributed by atoms with Crippen LogP contribution in [0.2, 0.25) is 0 Å². The Hall–Kier alpha value is -3.99. The normalized spacial score (nSPS) is 13.2. The Morgan fingerprint density at radius 2 is 1.87 bits per heavy atom. The van der Waals surface area contributed by atoms with Gasteiger partial charge in [-0.3, -0.25) is 15.4 Å². The molecule has 0 amide bonds. The van der Waals surface area contributed by atoms with Gasteiger partial charge in [-0.25, -0.2) is 15.0 Å². The molecule has 0 radical (unpaired) electrons. The average molecular weight is 424 g/mol. The van der Waals surface area contributed by atoms with E-state index in [0.717, 1.165) is 22.5 Å². The Labute approximate surface area is 174 Å². The molecular weight excluding hydrogens is 409 g/mol. The SMILES string of the molecule is FC(F)(F)c1cccc(Nc2cnc3c(n2)N(Cc2ccc4ncccc4c2)NN3)n1. The lowest BCUT2D eigenvalue weighted by atomic mass is 10.1. The molecule has 0 unspecified atom stereocenters. The number of nitrogens with one attached hydrogen (secondary N) is 3. The van der Waals surface area contributed by atoms with E-state index in [2.05, 4.69) is 36.2 Å². The van der Waals surface area contributed by atoms with Crippen LogP contribution < -0.4 is 21.3 Å². The number of hydrogen-bond donors (Lipinski definition) is 3. The van der Waals surface area contributed by atoms with Crippen LogP contribution in [0.25, 0.3) is 10.9 Å². The van der Waals surface area contributed by atoms with Crippen LogP contribution in [0.15, 0.2) is 60.9 Å². The Balaban J connectivity index is 1.38. The van der Waals surface area contributed by atoms with Crippen molar-refractivity contribution in [2.45, 2.75) is 12.7 Å². The molecule has 0 fully saturated rings. The van der Waals surface area contributed by atoms with E-state index < -0.39 is 11.9 Å². The Kier molecular flexibility index (Phi) is 4.51. The summed E-state index contributed by atoms with van der Waals surface area (Å²) in [4.78, 5) is 16.7. The van der Waals surface area contributed by atoms with Gasteiger partial charge >= 0.3 is 6.18 Å². The van der Waals surface area contributed by atoms with Crippen molar-refractivity contribution < 1.29 is 13.2 Å². The van der Waals surface area contributed by atoms with Crippen LogP contribution in [0.5, 0.6) is 0 Å². The summed E-state index contributed by atoms with van der Waals surface area (Å²) in [5.41, 5.74) is 6.85. The van der Waals surface area contributed by atoms with E-state index in [0.29, 0.717) is 18.2 Å². The van der Waals surface area contributed by atoms with Crippen molar-refractivity contribution in [3.63, 3.8) is 0 Å². The zero-order chi connectivity index (χ0) is 21.4. The minimum Gasteiger partial charge on any atom is -0.324 e. The highest BCUT2D eigenvalue weighted by molar-refractivity contribution is 5.79. The molecule has 0 bridgehead atoms. The number of halogens is 3. The van der Waals surface area contributed by atoms with Crippen LogP contribution in [-0.4, -0.2) is 19.9 Å². The molecule has 4 heterocycles. The number of hydrazine groups is 2. The minimum absolute atomic E-state index is 0.0246. The number of rotatable bonds is 4. The van der Waals surface area contributed by atoms with Crippen molar-refractivity contribution in [1.29, 1.82) is 0 Å². The molecule has 8 nitrogen and oxygen atoms in total. The molecule has 31 heavy (non-hydrogen) atoms. The van der Waals surface area contributed by atoms with Crippen LogP contribution in [0.1, 0.15) is 11.3 Å². The first-order valence-corrected chi connectivity index (χ1v) is 9.27. The standard InChI is InChI=1S/C20H15F3N8/c21-20(22,23)15-4-1-5-16(26-15)27-17-10-25-18-19(28-17)31(30-29-18)11-12-6-7-14-13(9-12)3-2-8-24-14/h1-10,30H,11H2,(H,25,29)(H,26,27,28). The molecule has 0 aliphatic carbocycles. The number of anilines is 4. The van der Waals surface area contributed by atoms with E-state index in [9.17, 15) is 13.2 Å². The van der Waals surface area contributed by atoms with E-state index in [1.807, 2.05) is 30.3 Å². The summed E-state index contributed by atoms with van der Waals surface area (Å²) in [6.45, 7) is 0.477. The molecular formula is C20H15F3N8. The minimum atomic E-state index is -4.53. The predicted octanol–water partition coefficient (Wildman–Crippen LogP) is 4.03. The van der Waals surface area contributed by atoms with E-state index in [1.165, 1.54) is 18.3 Å². The molecule has 156 valence electrons.